The van der Waals surface area contributed by atoms with E-state index in [-0.39, 0.29) is 12.4 Å². The number of nitrogens with zero attached hydrogens (tertiary/aromatic N) is 1. The minimum atomic E-state index is -1.13. The van der Waals surface area contributed by atoms with Gasteiger partial charge >= 0.3 is 5.97 Å². The van der Waals surface area contributed by atoms with Gasteiger partial charge in [-0.3, -0.25) is 0 Å². The number of hydrogen-bond donors (Lipinski definition) is 1. The van der Waals surface area contributed by atoms with Crippen molar-refractivity contribution in [1.29, 1.82) is 0 Å². The van der Waals surface area contributed by atoms with E-state index in [1.807, 2.05) is 127 Å². The van der Waals surface area contributed by atoms with E-state index in [0.29, 0.717) is 11.5 Å². The molecule has 5 aromatic carbocycles. The lowest BCUT2D eigenvalue weighted by atomic mass is 9.36. The van der Waals surface area contributed by atoms with Crippen LogP contribution in [-0.4, -0.2) is 24.0 Å². The standard InChI is InChI=1S/C40H30BNO3/c43-40(44)38(26-25-36-27-33(30-15-5-1-6-16-30)28-39(45-36)31-17-7-2-8-18-31)42-29-32-19-13-14-24-37(32)41(34-20-9-3-10-21-34)35-22-11-4-12-23-35/h1-29H,(H,43,44). The van der Waals surface area contributed by atoms with E-state index >= 15 is 0 Å². The molecule has 45 heavy (non-hydrogen) atoms. The molecule has 0 aromatic heterocycles. The third-order valence-corrected chi connectivity index (χ3v) is 7.52. The van der Waals surface area contributed by atoms with Gasteiger partial charge in [0.1, 0.15) is 17.2 Å². The van der Waals surface area contributed by atoms with Gasteiger partial charge in [0.2, 0.25) is 6.71 Å². The van der Waals surface area contributed by atoms with E-state index in [2.05, 4.69) is 35.3 Å². The van der Waals surface area contributed by atoms with Crippen molar-refractivity contribution in [2.24, 2.45) is 4.99 Å². The van der Waals surface area contributed by atoms with E-state index in [9.17, 15) is 9.90 Å². The summed E-state index contributed by atoms with van der Waals surface area (Å²) in [6.07, 6.45) is 8.67. The van der Waals surface area contributed by atoms with Crippen LogP contribution in [-0.2, 0) is 9.53 Å². The fourth-order valence-electron chi connectivity index (χ4n) is 5.35. The van der Waals surface area contributed by atoms with Crippen LogP contribution in [0.2, 0.25) is 0 Å². The van der Waals surface area contributed by atoms with Crippen LogP contribution < -0.4 is 16.4 Å². The smallest absolute Gasteiger partial charge is 0.354 e. The molecule has 5 heteroatoms. The quantitative estimate of drug-likeness (QED) is 0.120. The Morgan fingerprint density at radius 2 is 1.18 bits per heavy atom. The fourth-order valence-corrected chi connectivity index (χ4v) is 5.35. The number of carboxylic acids is 1. The lowest BCUT2D eigenvalue weighted by Gasteiger charge is -2.18. The highest BCUT2D eigenvalue weighted by atomic mass is 16.5. The number of aliphatic imine (C=N–C) groups is 1. The zero-order valence-electron chi connectivity index (χ0n) is 24.5. The summed E-state index contributed by atoms with van der Waals surface area (Å²) in [6.45, 7) is -0.0465. The zero-order valence-corrected chi connectivity index (χ0v) is 24.5. The highest BCUT2D eigenvalue weighted by molar-refractivity contribution is 6.96. The Hall–Kier alpha value is -5.94. The third kappa shape index (κ3) is 7.18. The summed E-state index contributed by atoms with van der Waals surface area (Å²) >= 11 is 0. The molecule has 0 fully saturated rings. The van der Waals surface area contributed by atoms with E-state index in [1.165, 1.54) is 6.08 Å². The molecule has 0 radical (unpaired) electrons. The number of benzene rings is 5. The summed E-state index contributed by atoms with van der Waals surface area (Å²) in [7, 11) is 0. The third-order valence-electron chi connectivity index (χ3n) is 7.52. The Labute approximate surface area is 263 Å². The normalized spacial score (nSPS) is 14.0. The van der Waals surface area contributed by atoms with Crippen LogP contribution in [0, 0.1) is 0 Å². The van der Waals surface area contributed by atoms with Gasteiger partial charge in [-0.1, -0.05) is 162 Å². The maximum atomic E-state index is 12.3. The van der Waals surface area contributed by atoms with Crippen LogP contribution in [0.4, 0.5) is 0 Å². The van der Waals surface area contributed by atoms with Crippen molar-refractivity contribution in [1.82, 2.24) is 0 Å². The minimum Gasteiger partial charge on any atom is -0.477 e. The maximum Gasteiger partial charge on any atom is 0.354 e. The van der Waals surface area contributed by atoms with Crippen molar-refractivity contribution in [3.8, 4) is 0 Å². The predicted octanol–water partition coefficient (Wildman–Crippen LogP) is 6.63. The molecule has 0 aliphatic carbocycles. The predicted molar refractivity (Wildman–Crippen MR) is 185 cm³/mol. The van der Waals surface area contributed by atoms with Crippen molar-refractivity contribution in [2.75, 3.05) is 0 Å². The lowest BCUT2D eigenvalue weighted by molar-refractivity contribution is -0.132. The second-order valence-corrected chi connectivity index (χ2v) is 10.5. The number of allylic oxidation sites excluding steroid dienone is 5. The molecule has 0 atom stereocenters. The second kappa shape index (κ2) is 14.0. The molecule has 4 nitrogen and oxygen atoms in total. The Balaban J connectivity index is 1.35. The summed E-state index contributed by atoms with van der Waals surface area (Å²) in [5.41, 5.74) is 6.96. The number of ether oxygens (including phenoxy) is 1. The first-order chi connectivity index (χ1) is 22.2. The van der Waals surface area contributed by atoms with Gasteiger partial charge in [-0.2, -0.15) is 0 Å². The minimum absolute atomic E-state index is 0.0465. The number of rotatable bonds is 9. The molecule has 0 saturated carbocycles. The molecule has 0 saturated heterocycles. The molecule has 6 rings (SSSR count). The van der Waals surface area contributed by atoms with Crippen LogP contribution in [0.1, 0.15) is 16.7 Å². The summed E-state index contributed by atoms with van der Waals surface area (Å²) in [5, 5.41) is 10.1. The van der Waals surface area contributed by atoms with E-state index < -0.39 is 5.97 Å². The first-order valence-corrected chi connectivity index (χ1v) is 14.8. The van der Waals surface area contributed by atoms with Crippen LogP contribution >= 0.6 is 0 Å². The van der Waals surface area contributed by atoms with Gasteiger partial charge in [0.05, 0.1) is 0 Å². The van der Waals surface area contributed by atoms with Gasteiger partial charge in [-0.15, -0.1) is 0 Å². The molecule has 1 aliphatic rings. The Morgan fingerprint density at radius 1 is 0.644 bits per heavy atom. The summed E-state index contributed by atoms with van der Waals surface area (Å²) in [4.78, 5) is 16.8. The first-order valence-electron chi connectivity index (χ1n) is 14.8. The molecule has 0 spiro atoms. The Kier molecular flexibility index (Phi) is 9.08. The van der Waals surface area contributed by atoms with Crippen molar-refractivity contribution in [3.63, 3.8) is 0 Å². The Bertz CT molecular complexity index is 1890. The van der Waals surface area contributed by atoms with Crippen LogP contribution in [0.5, 0.6) is 0 Å². The van der Waals surface area contributed by atoms with Crippen molar-refractivity contribution in [2.45, 2.75) is 0 Å². The summed E-state index contributed by atoms with van der Waals surface area (Å²) < 4.78 is 6.22. The van der Waals surface area contributed by atoms with Gasteiger partial charge in [0.15, 0.2) is 0 Å². The molecule has 0 bridgehead atoms. The van der Waals surface area contributed by atoms with Gasteiger partial charge in [0.25, 0.3) is 0 Å². The van der Waals surface area contributed by atoms with E-state index in [1.54, 1.807) is 12.3 Å². The topological polar surface area (TPSA) is 58.9 Å². The average molecular weight is 583 g/mol. The highest BCUT2D eigenvalue weighted by Gasteiger charge is 2.23. The molecule has 0 amide bonds. The zero-order chi connectivity index (χ0) is 30.8. The highest BCUT2D eigenvalue weighted by Crippen LogP contribution is 2.31. The van der Waals surface area contributed by atoms with Gasteiger partial charge in [-0.25, -0.2) is 9.79 Å². The second-order valence-electron chi connectivity index (χ2n) is 10.5. The summed E-state index contributed by atoms with van der Waals surface area (Å²) in [5.74, 6) is 0.0571. The first kappa shape index (κ1) is 29.2. The number of carbonyl (C=O) groups is 1. The number of carboxylic acid groups (broad SMARTS) is 1. The van der Waals surface area contributed by atoms with Gasteiger partial charge < -0.3 is 9.84 Å². The van der Waals surface area contributed by atoms with Gasteiger partial charge in [-0.05, 0) is 41.0 Å². The molecule has 1 heterocycles. The van der Waals surface area contributed by atoms with Crippen molar-refractivity contribution < 1.29 is 14.6 Å². The Morgan fingerprint density at radius 3 is 1.78 bits per heavy atom. The molecular weight excluding hydrogens is 553 g/mol. The van der Waals surface area contributed by atoms with Gasteiger partial charge in [0, 0.05) is 11.8 Å². The molecule has 1 aliphatic heterocycles. The number of aliphatic carboxylic acids is 1. The van der Waals surface area contributed by atoms with Crippen molar-refractivity contribution >= 4 is 46.6 Å². The van der Waals surface area contributed by atoms with Crippen LogP contribution in [0.15, 0.2) is 186 Å². The maximum absolute atomic E-state index is 12.3. The number of hydrogen-bond acceptors (Lipinski definition) is 3. The van der Waals surface area contributed by atoms with Crippen LogP contribution in [0.25, 0.3) is 11.3 Å². The molecule has 216 valence electrons. The van der Waals surface area contributed by atoms with Crippen molar-refractivity contribution in [3.05, 3.63) is 198 Å². The molecule has 5 aromatic rings. The van der Waals surface area contributed by atoms with Crippen LogP contribution in [0.3, 0.4) is 0 Å². The lowest BCUT2D eigenvalue weighted by Crippen LogP contribution is -2.53. The average Bonchev–Trinajstić information content (AvgIpc) is 3.10. The molecular formula is C40H30BNO3. The fraction of sp³-hybridized carbons (Fsp3) is 0. The summed E-state index contributed by atoms with van der Waals surface area (Å²) in [6, 6.07) is 48.4. The molecule has 1 N–H and O–H groups in total. The van der Waals surface area contributed by atoms with E-state index in [0.717, 1.165) is 38.7 Å². The molecule has 0 unspecified atom stereocenters. The largest absolute Gasteiger partial charge is 0.477 e. The monoisotopic (exact) mass is 583 g/mol. The SMILES string of the molecule is O=C(O)C(=CC=C1C=C(c2ccccc2)C=C(c2ccccc2)O1)N=Cc1ccccc1B(c1ccccc1)c1ccccc1. The van der Waals surface area contributed by atoms with E-state index in [4.69, 9.17) is 4.74 Å².